The Morgan fingerprint density at radius 1 is 1.08 bits per heavy atom. The summed E-state index contributed by atoms with van der Waals surface area (Å²) >= 11 is 0. The molecule has 0 bridgehead atoms. The second-order valence-corrected chi connectivity index (χ2v) is 5.93. The zero-order valence-electron chi connectivity index (χ0n) is 15.1. The molecule has 3 rings (SSSR count). The van der Waals surface area contributed by atoms with Crippen molar-refractivity contribution in [3.63, 3.8) is 0 Å². The van der Waals surface area contributed by atoms with Gasteiger partial charge in [-0.25, -0.2) is 0 Å². The maximum atomic E-state index is 4.28. The van der Waals surface area contributed by atoms with Gasteiger partial charge in [-0.15, -0.1) is 34.2 Å². The summed E-state index contributed by atoms with van der Waals surface area (Å²) in [5.74, 6) is 1.80. The molecule has 0 aliphatic rings. The fraction of sp³-hybridized carbons (Fsp3) is 0.316. The first-order valence-corrected chi connectivity index (χ1v) is 8.55. The van der Waals surface area contributed by atoms with Gasteiger partial charge in [-0.05, 0) is 36.6 Å². The third-order valence-corrected chi connectivity index (χ3v) is 4.19. The van der Waals surface area contributed by atoms with Crippen molar-refractivity contribution >= 4 is 35.6 Å². The second-order valence-electron chi connectivity index (χ2n) is 5.93. The van der Waals surface area contributed by atoms with Crippen molar-refractivity contribution in [2.75, 3.05) is 13.6 Å². The van der Waals surface area contributed by atoms with Gasteiger partial charge in [0.25, 0.3) is 0 Å². The first-order chi connectivity index (χ1) is 12.3. The molecule has 138 valence electrons. The van der Waals surface area contributed by atoms with E-state index in [1.807, 2.05) is 28.8 Å². The third-order valence-electron chi connectivity index (χ3n) is 4.19. The molecule has 0 saturated heterocycles. The highest BCUT2D eigenvalue weighted by Gasteiger charge is 2.04. The first kappa shape index (κ1) is 20.2. The average Bonchev–Trinajstić information content (AvgIpc) is 3.05. The van der Waals surface area contributed by atoms with Crippen LogP contribution in [0.25, 0.3) is 5.65 Å². The van der Waals surface area contributed by atoms with Gasteiger partial charge in [-0.2, -0.15) is 0 Å². The van der Waals surface area contributed by atoms with Gasteiger partial charge in [0.15, 0.2) is 11.6 Å². The summed E-state index contributed by atoms with van der Waals surface area (Å²) in [6.07, 6.45) is 3.83. The van der Waals surface area contributed by atoms with Crippen LogP contribution in [0.3, 0.4) is 0 Å². The van der Waals surface area contributed by atoms with Crippen LogP contribution in [0.1, 0.15) is 23.4 Å². The maximum absolute atomic E-state index is 4.28. The summed E-state index contributed by atoms with van der Waals surface area (Å²) in [7, 11) is 1.79. The number of rotatable bonds is 6. The van der Waals surface area contributed by atoms with E-state index in [0.29, 0.717) is 0 Å². The van der Waals surface area contributed by atoms with Gasteiger partial charge in [0, 0.05) is 32.8 Å². The largest absolute Gasteiger partial charge is 0.356 e. The lowest BCUT2D eigenvalue weighted by Crippen LogP contribution is -2.37. The lowest BCUT2D eigenvalue weighted by molar-refractivity contribution is 0.713. The highest BCUT2D eigenvalue weighted by Crippen LogP contribution is 2.06. The standard InChI is InChI=1S/C19H24N6.HI/c1-15-8-3-4-9-16(15)14-22-19(20-2)21-12-7-11-18-24-23-17-10-5-6-13-25(17)18;/h3-6,8-10,13H,7,11-12,14H2,1-2H3,(H2,20,21,22);1H. The summed E-state index contributed by atoms with van der Waals surface area (Å²) in [6, 6.07) is 14.3. The number of guanidine groups is 1. The normalized spacial score (nSPS) is 11.2. The fourth-order valence-corrected chi connectivity index (χ4v) is 2.72. The van der Waals surface area contributed by atoms with Crippen molar-refractivity contribution in [2.45, 2.75) is 26.3 Å². The molecular weight excluding hydrogens is 439 g/mol. The predicted octanol–water partition coefficient (Wildman–Crippen LogP) is 2.95. The van der Waals surface area contributed by atoms with Crippen LogP contribution in [0.15, 0.2) is 53.7 Å². The van der Waals surface area contributed by atoms with Crippen LogP contribution in [-0.4, -0.2) is 34.2 Å². The molecule has 2 heterocycles. The van der Waals surface area contributed by atoms with Gasteiger partial charge in [-0.3, -0.25) is 9.39 Å². The molecule has 0 unspecified atom stereocenters. The summed E-state index contributed by atoms with van der Waals surface area (Å²) in [5.41, 5.74) is 3.45. The molecular formula is C19H25IN6. The quantitative estimate of drug-likeness (QED) is 0.255. The Morgan fingerprint density at radius 3 is 2.69 bits per heavy atom. The molecule has 0 fully saturated rings. The minimum Gasteiger partial charge on any atom is -0.356 e. The van der Waals surface area contributed by atoms with Crippen LogP contribution in [0.5, 0.6) is 0 Å². The molecule has 0 aliphatic heterocycles. The van der Waals surface area contributed by atoms with Crippen LogP contribution in [0.2, 0.25) is 0 Å². The molecule has 26 heavy (non-hydrogen) atoms. The van der Waals surface area contributed by atoms with E-state index in [-0.39, 0.29) is 24.0 Å². The molecule has 3 aromatic rings. The van der Waals surface area contributed by atoms with E-state index in [4.69, 9.17) is 0 Å². The highest BCUT2D eigenvalue weighted by atomic mass is 127. The van der Waals surface area contributed by atoms with E-state index in [9.17, 15) is 0 Å². The lowest BCUT2D eigenvalue weighted by atomic mass is 10.1. The first-order valence-electron chi connectivity index (χ1n) is 8.55. The van der Waals surface area contributed by atoms with Crippen molar-refractivity contribution in [2.24, 2.45) is 4.99 Å². The number of fused-ring (bicyclic) bond motifs is 1. The Bertz CT molecular complexity index is 858. The number of pyridine rings is 1. The van der Waals surface area contributed by atoms with Crippen LogP contribution in [0, 0.1) is 6.92 Å². The SMILES string of the molecule is CN=C(NCCCc1nnc2ccccn12)NCc1ccccc1C.I. The topological polar surface area (TPSA) is 66.6 Å². The highest BCUT2D eigenvalue weighted by molar-refractivity contribution is 14.0. The lowest BCUT2D eigenvalue weighted by Gasteiger charge is -2.13. The van der Waals surface area contributed by atoms with E-state index in [1.54, 1.807) is 7.05 Å². The van der Waals surface area contributed by atoms with Crippen LogP contribution < -0.4 is 10.6 Å². The predicted molar refractivity (Wildman–Crippen MR) is 116 cm³/mol. The van der Waals surface area contributed by atoms with E-state index in [2.05, 4.69) is 57.0 Å². The molecule has 0 aliphatic carbocycles. The molecule has 0 radical (unpaired) electrons. The molecule has 0 amide bonds. The number of hydrogen-bond donors (Lipinski definition) is 2. The molecule has 0 saturated carbocycles. The van der Waals surface area contributed by atoms with Crippen LogP contribution in [0.4, 0.5) is 0 Å². The average molecular weight is 464 g/mol. The maximum Gasteiger partial charge on any atom is 0.191 e. The van der Waals surface area contributed by atoms with E-state index in [0.717, 1.165) is 43.4 Å². The summed E-state index contributed by atoms with van der Waals surface area (Å²) in [4.78, 5) is 4.28. The number of aliphatic imine (C=N–C) groups is 1. The number of halogens is 1. The van der Waals surface area contributed by atoms with Gasteiger partial charge in [0.05, 0.1) is 0 Å². The fourth-order valence-electron chi connectivity index (χ4n) is 2.72. The van der Waals surface area contributed by atoms with Gasteiger partial charge >= 0.3 is 0 Å². The molecule has 2 N–H and O–H groups in total. The Hall–Kier alpha value is -2.16. The number of hydrogen-bond acceptors (Lipinski definition) is 3. The molecule has 0 atom stereocenters. The van der Waals surface area contributed by atoms with E-state index < -0.39 is 0 Å². The van der Waals surface area contributed by atoms with Gasteiger partial charge < -0.3 is 10.6 Å². The number of benzene rings is 1. The number of aryl methyl sites for hydroxylation is 2. The Balaban J connectivity index is 0.00000243. The second kappa shape index (κ2) is 10.1. The monoisotopic (exact) mass is 464 g/mol. The van der Waals surface area contributed by atoms with Crippen LogP contribution in [-0.2, 0) is 13.0 Å². The third kappa shape index (κ3) is 5.17. The Kier molecular flexibility index (Phi) is 7.83. The minimum atomic E-state index is 0. The van der Waals surface area contributed by atoms with E-state index in [1.165, 1.54) is 11.1 Å². The molecule has 2 aromatic heterocycles. The Morgan fingerprint density at radius 2 is 1.88 bits per heavy atom. The van der Waals surface area contributed by atoms with Crippen molar-refractivity contribution in [3.8, 4) is 0 Å². The van der Waals surface area contributed by atoms with Crippen molar-refractivity contribution in [1.29, 1.82) is 0 Å². The van der Waals surface area contributed by atoms with Gasteiger partial charge in [0.1, 0.15) is 5.82 Å². The molecule has 6 nitrogen and oxygen atoms in total. The van der Waals surface area contributed by atoms with Crippen LogP contribution >= 0.6 is 24.0 Å². The summed E-state index contributed by atoms with van der Waals surface area (Å²) in [5, 5.41) is 15.1. The van der Waals surface area contributed by atoms with Crippen molar-refractivity contribution in [1.82, 2.24) is 25.2 Å². The van der Waals surface area contributed by atoms with E-state index >= 15 is 0 Å². The Labute approximate surface area is 171 Å². The number of nitrogens with zero attached hydrogens (tertiary/aromatic N) is 4. The number of aromatic nitrogens is 3. The molecule has 1 aromatic carbocycles. The summed E-state index contributed by atoms with van der Waals surface area (Å²) in [6.45, 7) is 3.71. The van der Waals surface area contributed by atoms with Crippen molar-refractivity contribution in [3.05, 3.63) is 65.6 Å². The van der Waals surface area contributed by atoms with Gasteiger partial charge in [-0.1, -0.05) is 30.3 Å². The minimum absolute atomic E-state index is 0. The summed E-state index contributed by atoms with van der Waals surface area (Å²) < 4.78 is 2.03. The zero-order valence-corrected chi connectivity index (χ0v) is 17.5. The number of nitrogens with one attached hydrogen (secondary N) is 2. The zero-order chi connectivity index (χ0) is 17.5. The van der Waals surface area contributed by atoms with Gasteiger partial charge in [0.2, 0.25) is 0 Å². The molecule has 0 spiro atoms. The smallest absolute Gasteiger partial charge is 0.191 e. The molecule has 7 heteroatoms. The van der Waals surface area contributed by atoms with Crippen molar-refractivity contribution < 1.29 is 0 Å².